The first-order chi connectivity index (χ1) is 13.3. The molecule has 0 radical (unpaired) electrons. The van der Waals surface area contributed by atoms with Crippen molar-refractivity contribution in [2.75, 3.05) is 13.1 Å². The maximum absolute atomic E-state index is 12.4. The molecule has 1 N–H and O–H groups in total. The van der Waals surface area contributed by atoms with Crippen molar-refractivity contribution in [1.29, 1.82) is 0 Å². The minimum Gasteiger partial charge on any atom is -0.445 e. The summed E-state index contributed by atoms with van der Waals surface area (Å²) in [6.07, 6.45) is 0.881. The van der Waals surface area contributed by atoms with E-state index >= 15 is 0 Å². The van der Waals surface area contributed by atoms with Crippen molar-refractivity contribution in [1.82, 2.24) is 10.4 Å². The molecule has 0 aromatic heterocycles. The third-order valence-corrected chi connectivity index (χ3v) is 4.62. The Morgan fingerprint density at radius 1 is 1.00 bits per heavy atom. The molecule has 1 amide bonds. The van der Waals surface area contributed by atoms with Crippen molar-refractivity contribution in [3.8, 4) is 0 Å². The molecule has 1 heterocycles. The van der Waals surface area contributed by atoms with Gasteiger partial charge in [0.1, 0.15) is 12.9 Å². The highest BCUT2D eigenvalue weighted by molar-refractivity contribution is 5.68. The first-order valence-electron chi connectivity index (χ1n) is 9.06. The van der Waals surface area contributed by atoms with Gasteiger partial charge in [0.05, 0.1) is 12.6 Å². The topological polar surface area (TPSA) is 67.9 Å². The monoisotopic (exact) mass is 368 g/mol. The number of rotatable bonds is 8. The second-order valence-corrected chi connectivity index (χ2v) is 6.61. The van der Waals surface area contributed by atoms with E-state index in [4.69, 9.17) is 9.57 Å². The van der Waals surface area contributed by atoms with Crippen LogP contribution in [0.4, 0.5) is 4.79 Å². The molecule has 3 rings (SSSR count). The van der Waals surface area contributed by atoms with Gasteiger partial charge in [-0.15, -0.1) is 0 Å². The zero-order chi connectivity index (χ0) is 18.9. The third kappa shape index (κ3) is 5.64. The van der Waals surface area contributed by atoms with Crippen LogP contribution < -0.4 is 5.48 Å². The summed E-state index contributed by atoms with van der Waals surface area (Å²) in [5, 5.41) is 0. The Morgan fingerprint density at radius 2 is 1.63 bits per heavy atom. The quantitative estimate of drug-likeness (QED) is 0.573. The first-order valence-corrected chi connectivity index (χ1v) is 9.06. The average Bonchev–Trinajstić information content (AvgIpc) is 3.11. The minimum absolute atomic E-state index is 0.00236. The largest absolute Gasteiger partial charge is 0.445 e. The average molecular weight is 368 g/mol. The fourth-order valence-corrected chi connectivity index (χ4v) is 3.13. The lowest BCUT2D eigenvalue weighted by atomic mass is 10.0. The van der Waals surface area contributed by atoms with E-state index in [1.165, 1.54) is 0 Å². The molecular weight excluding hydrogens is 344 g/mol. The Balaban J connectivity index is 1.49. The molecule has 1 aliphatic heterocycles. The number of ether oxygens (including phenoxy) is 1. The molecule has 6 nitrogen and oxygen atoms in total. The van der Waals surface area contributed by atoms with Gasteiger partial charge in [-0.05, 0) is 11.1 Å². The highest BCUT2D eigenvalue weighted by Crippen LogP contribution is 2.21. The standard InChI is InChI=1S/C21H24N2O4/c24-12-11-19-13-23(21(25)26-15-17-7-3-1-4-8-17)14-20(19)22-27-16-18-9-5-2-6-10-18/h1-10,12,19-20,22H,11,13-16H2/t19-,20-/m1/s1. The third-order valence-electron chi connectivity index (χ3n) is 4.62. The first kappa shape index (κ1) is 19.1. The van der Waals surface area contributed by atoms with Crippen molar-refractivity contribution in [3.05, 3.63) is 71.8 Å². The zero-order valence-electron chi connectivity index (χ0n) is 15.1. The second-order valence-electron chi connectivity index (χ2n) is 6.61. The van der Waals surface area contributed by atoms with Gasteiger partial charge in [0.25, 0.3) is 0 Å². The number of carbonyl (C=O) groups is 2. The molecule has 142 valence electrons. The Morgan fingerprint density at radius 3 is 2.26 bits per heavy atom. The number of nitrogens with zero attached hydrogens (tertiary/aromatic N) is 1. The highest BCUT2D eigenvalue weighted by Gasteiger charge is 2.36. The van der Waals surface area contributed by atoms with Crippen LogP contribution >= 0.6 is 0 Å². The predicted molar refractivity (Wildman–Crippen MR) is 101 cm³/mol. The number of hydrogen-bond donors (Lipinski definition) is 1. The fourth-order valence-electron chi connectivity index (χ4n) is 3.13. The van der Waals surface area contributed by atoms with E-state index in [-0.39, 0.29) is 24.7 Å². The Bertz CT molecular complexity index is 723. The predicted octanol–water partition coefficient (Wildman–Crippen LogP) is 2.93. The number of amides is 1. The summed E-state index contributed by atoms with van der Waals surface area (Å²) >= 11 is 0. The Hall–Kier alpha value is -2.70. The summed E-state index contributed by atoms with van der Waals surface area (Å²) in [5.74, 6) is 0.00236. The van der Waals surface area contributed by atoms with E-state index < -0.39 is 0 Å². The molecule has 1 fully saturated rings. The SMILES string of the molecule is O=CC[C@@H]1CN(C(=O)OCc2ccccc2)C[C@H]1NOCc1ccccc1. The smallest absolute Gasteiger partial charge is 0.410 e. The van der Waals surface area contributed by atoms with Gasteiger partial charge in [0.15, 0.2) is 0 Å². The van der Waals surface area contributed by atoms with Crippen LogP contribution in [-0.2, 0) is 27.6 Å². The van der Waals surface area contributed by atoms with E-state index in [9.17, 15) is 9.59 Å². The fraction of sp³-hybridized carbons (Fsp3) is 0.333. The molecule has 27 heavy (non-hydrogen) atoms. The molecule has 1 saturated heterocycles. The Labute approximate surface area is 159 Å². The lowest BCUT2D eigenvalue weighted by molar-refractivity contribution is -0.109. The van der Waals surface area contributed by atoms with Gasteiger partial charge < -0.3 is 14.4 Å². The number of hydroxylamine groups is 1. The molecule has 2 atom stereocenters. The summed E-state index contributed by atoms with van der Waals surface area (Å²) < 4.78 is 5.39. The van der Waals surface area contributed by atoms with Crippen LogP contribution in [0.3, 0.4) is 0 Å². The molecule has 2 aromatic rings. The van der Waals surface area contributed by atoms with Crippen molar-refractivity contribution in [2.45, 2.75) is 25.7 Å². The molecule has 1 aliphatic rings. The van der Waals surface area contributed by atoms with Crippen LogP contribution in [0.5, 0.6) is 0 Å². The van der Waals surface area contributed by atoms with Gasteiger partial charge in [-0.1, -0.05) is 60.7 Å². The van der Waals surface area contributed by atoms with Crippen LogP contribution in [0, 0.1) is 5.92 Å². The highest BCUT2D eigenvalue weighted by atomic mass is 16.6. The van der Waals surface area contributed by atoms with E-state index in [1.54, 1.807) is 4.90 Å². The maximum atomic E-state index is 12.4. The van der Waals surface area contributed by atoms with Gasteiger partial charge in [-0.3, -0.25) is 4.84 Å². The van der Waals surface area contributed by atoms with Crippen LogP contribution in [0.1, 0.15) is 17.5 Å². The minimum atomic E-state index is -0.373. The summed E-state index contributed by atoms with van der Waals surface area (Å²) in [4.78, 5) is 30.6. The molecule has 0 bridgehead atoms. The number of hydrogen-bond acceptors (Lipinski definition) is 5. The van der Waals surface area contributed by atoms with Gasteiger partial charge in [0, 0.05) is 25.4 Å². The lowest BCUT2D eigenvalue weighted by Gasteiger charge is -2.17. The van der Waals surface area contributed by atoms with Gasteiger partial charge in [-0.25, -0.2) is 4.79 Å². The molecular formula is C21H24N2O4. The number of likely N-dealkylation sites (tertiary alicyclic amines) is 1. The second kappa shape index (κ2) is 9.85. The molecule has 0 unspecified atom stereocenters. The van der Waals surface area contributed by atoms with Crippen LogP contribution in [-0.4, -0.2) is 36.4 Å². The molecule has 0 spiro atoms. The molecule has 0 saturated carbocycles. The van der Waals surface area contributed by atoms with E-state index in [0.717, 1.165) is 17.4 Å². The van der Waals surface area contributed by atoms with Crippen LogP contribution in [0.2, 0.25) is 0 Å². The van der Waals surface area contributed by atoms with E-state index in [2.05, 4.69) is 5.48 Å². The number of aldehydes is 1. The number of benzene rings is 2. The van der Waals surface area contributed by atoms with Gasteiger partial charge >= 0.3 is 6.09 Å². The van der Waals surface area contributed by atoms with E-state index in [1.807, 2.05) is 60.7 Å². The summed E-state index contributed by atoms with van der Waals surface area (Å²) in [5.41, 5.74) is 5.01. The molecule has 6 heteroatoms. The Kier molecular flexibility index (Phi) is 6.96. The van der Waals surface area contributed by atoms with Crippen molar-refractivity contribution in [2.24, 2.45) is 5.92 Å². The summed E-state index contributed by atoms with van der Waals surface area (Å²) in [6, 6.07) is 19.3. The number of nitrogens with one attached hydrogen (secondary N) is 1. The summed E-state index contributed by atoms with van der Waals surface area (Å²) in [7, 11) is 0. The van der Waals surface area contributed by atoms with Crippen LogP contribution in [0.25, 0.3) is 0 Å². The molecule has 2 aromatic carbocycles. The van der Waals surface area contributed by atoms with Crippen LogP contribution in [0.15, 0.2) is 60.7 Å². The van der Waals surface area contributed by atoms with Crippen molar-refractivity contribution in [3.63, 3.8) is 0 Å². The van der Waals surface area contributed by atoms with Gasteiger partial charge in [-0.2, -0.15) is 5.48 Å². The molecule has 0 aliphatic carbocycles. The van der Waals surface area contributed by atoms with Crippen molar-refractivity contribution < 1.29 is 19.2 Å². The lowest BCUT2D eigenvalue weighted by Crippen LogP contribution is -2.37. The number of carbonyl (C=O) groups excluding carboxylic acids is 2. The zero-order valence-corrected chi connectivity index (χ0v) is 15.1. The van der Waals surface area contributed by atoms with Gasteiger partial charge in [0.2, 0.25) is 0 Å². The maximum Gasteiger partial charge on any atom is 0.410 e. The summed E-state index contributed by atoms with van der Waals surface area (Å²) in [6.45, 7) is 1.57. The normalized spacial score (nSPS) is 19.0. The van der Waals surface area contributed by atoms with Crippen molar-refractivity contribution >= 4 is 12.4 Å². The van der Waals surface area contributed by atoms with E-state index in [0.29, 0.717) is 26.1 Å².